The van der Waals surface area contributed by atoms with Crippen molar-refractivity contribution in [1.82, 2.24) is 0 Å². The average molecular weight is 239 g/mol. The van der Waals surface area contributed by atoms with Crippen LogP contribution in [0.4, 0.5) is 10.1 Å². The molecule has 0 aromatic heterocycles. The normalized spacial score (nSPS) is 17.0. The maximum absolute atomic E-state index is 12.6. The SMILES string of the molecule is O=C(O)C1(C(=O)Nc2ccc(F)cc2)COC1. The molecule has 1 fully saturated rings. The summed E-state index contributed by atoms with van der Waals surface area (Å²) >= 11 is 0. The van der Waals surface area contributed by atoms with Crippen molar-refractivity contribution in [2.24, 2.45) is 5.41 Å². The van der Waals surface area contributed by atoms with Gasteiger partial charge in [0.05, 0.1) is 13.2 Å². The topological polar surface area (TPSA) is 75.6 Å². The van der Waals surface area contributed by atoms with Crippen LogP contribution in [0.25, 0.3) is 0 Å². The lowest BCUT2D eigenvalue weighted by molar-refractivity contribution is -0.182. The number of carbonyl (C=O) groups excluding carboxylic acids is 1. The number of carboxylic acids is 1. The Morgan fingerprint density at radius 2 is 1.88 bits per heavy atom. The summed E-state index contributed by atoms with van der Waals surface area (Å²) in [5, 5.41) is 11.4. The van der Waals surface area contributed by atoms with Crippen LogP contribution < -0.4 is 5.32 Å². The molecule has 5 nitrogen and oxygen atoms in total. The van der Waals surface area contributed by atoms with E-state index in [1.807, 2.05) is 0 Å². The number of aliphatic carboxylic acids is 1. The minimum Gasteiger partial charge on any atom is -0.480 e. The van der Waals surface area contributed by atoms with Crippen LogP contribution in [0.5, 0.6) is 0 Å². The molecule has 1 amide bonds. The van der Waals surface area contributed by atoms with Crippen LogP contribution >= 0.6 is 0 Å². The van der Waals surface area contributed by atoms with Gasteiger partial charge < -0.3 is 15.2 Å². The lowest BCUT2D eigenvalue weighted by atomic mass is 9.85. The molecule has 0 saturated carbocycles. The molecule has 0 aliphatic carbocycles. The number of hydrogen-bond donors (Lipinski definition) is 2. The first-order valence-electron chi connectivity index (χ1n) is 4.93. The standard InChI is InChI=1S/C11H10FNO4/c12-7-1-3-8(4-2-7)13-9(14)11(10(15)16)5-17-6-11/h1-4H,5-6H2,(H,13,14)(H,15,16). The van der Waals surface area contributed by atoms with E-state index in [0.717, 1.165) is 0 Å². The van der Waals surface area contributed by atoms with Crippen molar-refractivity contribution >= 4 is 17.6 Å². The zero-order chi connectivity index (χ0) is 12.5. The van der Waals surface area contributed by atoms with Crippen molar-refractivity contribution in [2.75, 3.05) is 18.5 Å². The number of anilines is 1. The van der Waals surface area contributed by atoms with Crippen molar-refractivity contribution in [3.05, 3.63) is 30.1 Å². The smallest absolute Gasteiger partial charge is 0.324 e. The van der Waals surface area contributed by atoms with Crippen LogP contribution in [0.1, 0.15) is 0 Å². The van der Waals surface area contributed by atoms with Gasteiger partial charge in [-0.3, -0.25) is 9.59 Å². The van der Waals surface area contributed by atoms with E-state index in [4.69, 9.17) is 9.84 Å². The van der Waals surface area contributed by atoms with Crippen molar-refractivity contribution in [3.8, 4) is 0 Å². The van der Waals surface area contributed by atoms with Crippen LogP contribution in [0.15, 0.2) is 24.3 Å². The second-order valence-electron chi connectivity index (χ2n) is 3.84. The minimum absolute atomic E-state index is 0.143. The van der Waals surface area contributed by atoms with Gasteiger partial charge in [-0.1, -0.05) is 0 Å². The lowest BCUT2D eigenvalue weighted by Crippen LogP contribution is -2.57. The fourth-order valence-electron chi connectivity index (χ4n) is 1.44. The molecule has 2 N–H and O–H groups in total. The van der Waals surface area contributed by atoms with Gasteiger partial charge in [-0.2, -0.15) is 0 Å². The van der Waals surface area contributed by atoms with Gasteiger partial charge in [0.1, 0.15) is 5.82 Å². The summed E-state index contributed by atoms with van der Waals surface area (Å²) < 4.78 is 17.4. The Balaban J connectivity index is 2.11. The zero-order valence-corrected chi connectivity index (χ0v) is 8.77. The number of nitrogens with one attached hydrogen (secondary N) is 1. The number of benzene rings is 1. The van der Waals surface area contributed by atoms with Gasteiger partial charge in [-0.25, -0.2) is 4.39 Å². The first kappa shape index (κ1) is 11.5. The molecule has 17 heavy (non-hydrogen) atoms. The molecule has 90 valence electrons. The van der Waals surface area contributed by atoms with Crippen LogP contribution in [0, 0.1) is 11.2 Å². The first-order chi connectivity index (χ1) is 8.04. The van der Waals surface area contributed by atoms with Crippen molar-refractivity contribution in [1.29, 1.82) is 0 Å². The van der Waals surface area contributed by atoms with E-state index in [9.17, 15) is 14.0 Å². The van der Waals surface area contributed by atoms with Gasteiger partial charge >= 0.3 is 5.97 Å². The zero-order valence-electron chi connectivity index (χ0n) is 8.77. The molecule has 1 heterocycles. The molecule has 0 spiro atoms. The third kappa shape index (κ3) is 1.99. The monoisotopic (exact) mass is 239 g/mol. The fourth-order valence-corrected chi connectivity index (χ4v) is 1.44. The maximum atomic E-state index is 12.6. The minimum atomic E-state index is -1.52. The molecule has 1 aromatic carbocycles. The van der Waals surface area contributed by atoms with E-state index in [2.05, 4.69) is 5.32 Å². The molecule has 0 radical (unpaired) electrons. The summed E-state index contributed by atoms with van der Waals surface area (Å²) in [6, 6.07) is 5.09. The molecular formula is C11H10FNO4. The predicted molar refractivity (Wildman–Crippen MR) is 55.9 cm³/mol. The number of amides is 1. The second kappa shape index (κ2) is 4.14. The summed E-state index contributed by atoms with van der Waals surface area (Å²) in [4.78, 5) is 22.8. The second-order valence-corrected chi connectivity index (χ2v) is 3.84. The molecule has 1 saturated heterocycles. The molecular weight excluding hydrogens is 229 g/mol. The predicted octanol–water partition coefficient (Wildman–Crippen LogP) is 0.865. The van der Waals surface area contributed by atoms with Gasteiger partial charge in [0.2, 0.25) is 5.91 Å². The highest BCUT2D eigenvalue weighted by atomic mass is 19.1. The van der Waals surface area contributed by atoms with E-state index in [1.54, 1.807) is 0 Å². The number of carboxylic acid groups (broad SMARTS) is 1. The molecule has 6 heteroatoms. The highest BCUT2D eigenvalue weighted by molar-refractivity contribution is 6.09. The summed E-state index contributed by atoms with van der Waals surface area (Å²) in [5.74, 6) is -2.30. The van der Waals surface area contributed by atoms with Crippen LogP contribution in [0.2, 0.25) is 0 Å². The Bertz CT molecular complexity index is 453. The highest BCUT2D eigenvalue weighted by Gasteiger charge is 2.53. The van der Waals surface area contributed by atoms with E-state index in [0.29, 0.717) is 5.69 Å². The quantitative estimate of drug-likeness (QED) is 0.767. The van der Waals surface area contributed by atoms with Crippen molar-refractivity contribution in [2.45, 2.75) is 0 Å². The number of rotatable bonds is 3. The molecule has 1 aromatic rings. The summed E-state index contributed by atoms with van der Waals surface area (Å²) in [6.45, 7) is -0.287. The van der Waals surface area contributed by atoms with Gasteiger partial charge in [-0.15, -0.1) is 0 Å². The molecule has 1 aliphatic rings. The molecule has 0 atom stereocenters. The largest absolute Gasteiger partial charge is 0.480 e. The average Bonchev–Trinajstić information content (AvgIpc) is 2.19. The van der Waals surface area contributed by atoms with E-state index < -0.39 is 23.1 Å². The third-order valence-corrected chi connectivity index (χ3v) is 2.64. The molecule has 0 bridgehead atoms. The Morgan fingerprint density at radius 1 is 1.29 bits per heavy atom. The van der Waals surface area contributed by atoms with Gasteiger partial charge in [0, 0.05) is 5.69 Å². The lowest BCUT2D eigenvalue weighted by Gasteiger charge is -2.35. The van der Waals surface area contributed by atoms with Crippen LogP contribution in [-0.2, 0) is 14.3 Å². The Kier molecular flexibility index (Phi) is 2.81. The Morgan fingerprint density at radius 3 is 2.29 bits per heavy atom. The van der Waals surface area contributed by atoms with Crippen molar-refractivity contribution in [3.63, 3.8) is 0 Å². The van der Waals surface area contributed by atoms with Gasteiger partial charge in [0.25, 0.3) is 0 Å². The fraction of sp³-hybridized carbons (Fsp3) is 0.273. The van der Waals surface area contributed by atoms with Crippen LogP contribution in [0.3, 0.4) is 0 Å². The summed E-state index contributed by atoms with van der Waals surface area (Å²) in [5.41, 5.74) is -1.17. The van der Waals surface area contributed by atoms with Crippen LogP contribution in [-0.4, -0.2) is 30.2 Å². The van der Waals surface area contributed by atoms with Gasteiger partial charge in [0.15, 0.2) is 5.41 Å². The van der Waals surface area contributed by atoms with E-state index >= 15 is 0 Å². The Hall–Kier alpha value is -1.95. The summed E-state index contributed by atoms with van der Waals surface area (Å²) in [6.07, 6.45) is 0. The number of ether oxygens (including phenoxy) is 1. The number of hydrogen-bond acceptors (Lipinski definition) is 3. The molecule has 1 aliphatic heterocycles. The van der Waals surface area contributed by atoms with E-state index in [1.165, 1.54) is 24.3 Å². The van der Waals surface area contributed by atoms with E-state index in [-0.39, 0.29) is 13.2 Å². The molecule has 0 unspecified atom stereocenters. The first-order valence-corrected chi connectivity index (χ1v) is 4.93. The highest BCUT2D eigenvalue weighted by Crippen LogP contribution is 2.29. The molecule has 2 rings (SSSR count). The summed E-state index contributed by atoms with van der Waals surface area (Å²) in [7, 11) is 0. The Labute approximate surface area is 96.2 Å². The van der Waals surface area contributed by atoms with Gasteiger partial charge in [-0.05, 0) is 24.3 Å². The van der Waals surface area contributed by atoms with Crippen molar-refractivity contribution < 1.29 is 23.8 Å². The number of carbonyl (C=O) groups is 2. The maximum Gasteiger partial charge on any atom is 0.324 e. The third-order valence-electron chi connectivity index (χ3n) is 2.64. The number of halogens is 1.